The van der Waals surface area contributed by atoms with Crippen molar-refractivity contribution in [1.82, 2.24) is 4.90 Å². The monoisotopic (exact) mass is 283 g/mol. The molecule has 3 fully saturated rings. The van der Waals surface area contributed by atoms with Crippen LogP contribution in [0.15, 0.2) is 24.3 Å². The first-order valence-electron chi connectivity index (χ1n) is 7.82. The molecule has 21 heavy (non-hydrogen) atoms. The molecule has 5 rings (SSSR count). The average molecular weight is 283 g/mol. The van der Waals surface area contributed by atoms with Gasteiger partial charge in [0.05, 0.1) is 11.5 Å². The number of hydrogen-bond acceptors (Lipinski definition) is 3. The zero-order valence-electron chi connectivity index (χ0n) is 11.7. The molecule has 0 radical (unpaired) electrons. The molecule has 1 aromatic carbocycles. The van der Waals surface area contributed by atoms with Gasteiger partial charge >= 0.3 is 5.97 Å². The Morgan fingerprint density at radius 3 is 3.00 bits per heavy atom. The summed E-state index contributed by atoms with van der Waals surface area (Å²) in [7, 11) is 0. The molecule has 2 bridgehead atoms. The molecule has 4 heteroatoms. The van der Waals surface area contributed by atoms with Crippen molar-refractivity contribution in [3.63, 3.8) is 0 Å². The lowest BCUT2D eigenvalue weighted by Gasteiger charge is -2.54. The number of carbonyl (C=O) groups is 2. The first-order chi connectivity index (χ1) is 10.2. The van der Waals surface area contributed by atoms with Crippen molar-refractivity contribution in [3.8, 4) is 0 Å². The minimum absolute atomic E-state index is 0.0138. The molecule has 4 atom stereocenters. The Balaban J connectivity index is 1.75. The molecule has 108 valence electrons. The Morgan fingerprint density at radius 2 is 2.10 bits per heavy atom. The summed E-state index contributed by atoms with van der Waals surface area (Å²) < 4.78 is 5.63. The summed E-state index contributed by atoms with van der Waals surface area (Å²) in [6.45, 7) is 0.772. The van der Waals surface area contributed by atoms with E-state index in [-0.39, 0.29) is 29.9 Å². The summed E-state index contributed by atoms with van der Waals surface area (Å²) in [6.07, 6.45) is 3.48. The molecule has 1 amide bonds. The van der Waals surface area contributed by atoms with Crippen LogP contribution < -0.4 is 0 Å². The third-order valence-electron chi connectivity index (χ3n) is 5.95. The maximum absolute atomic E-state index is 12.8. The average Bonchev–Trinajstić information content (AvgIpc) is 2.74. The van der Waals surface area contributed by atoms with Crippen molar-refractivity contribution in [2.75, 3.05) is 6.54 Å². The minimum Gasteiger partial charge on any atom is -0.462 e. The van der Waals surface area contributed by atoms with E-state index < -0.39 is 5.41 Å². The van der Waals surface area contributed by atoms with Crippen LogP contribution in [0.4, 0.5) is 0 Å². The maximum atomic E-state index is 12.8. The zero-order valence-corrected chi connectivity index (χ0v) is 11.7. The van der Waals surface area contributed by atoms with E-state index in [0.29, 0.717) is 0 Å². The number of esters is 1. The highest BCUT2D eigenvalue weighted by molar-refractivity contribution is 5.98. The van der Waals surface area contributed by atoms with E-state index >= 15 is 0 Å². The van der Waals surface area contributed by atoms with E-state index in [4.69, 9.17) is 4.74 Å². The van der Waals surface area contributed by atoms with Crippen LogP contribution in [0.5, 0.6) is 0 Å². The molecule has 1 saturated carbocycles. The van der Waals surface area contributed by atoms with Gasteiger partial charge in [0, 0.05) is 24.4 Å². The molecule has 0 unspecified atom stereocenters. The number of rotatable bonds is 0. The lowest BCUT2D eigenvalue weighted by atomic mass is 9.59. The van der Waals surface area contributed by atoms with Crippen molar-refractivity contribution >= 4 is 11.9 Å². The summed E-state index contributed by atoms with van der Waals surface area (Å²) >= 11 is 0. The number of hydrogen-bond donors (Lipinski definition) is 0. The molecule has 3 heterocycles. The van der Waals surface area contributed by atoms with Gasteiger partial charge in [0.15, 0.2) is 0 Å². The van der Waals surface area contributed by atoms with E-state index in [1.54, 1.807) is 0 Å². The van der Waals surface area contributed by atoms with Gasteiger partial charge in [0.2, 0.25) is 0 Å². The van der Waals surface area contributed by atoms with E-state index in [9.17, 15) is 9.59 Å². The van der Waals surface area contributed by atoms with Gasteiger partial charge in [-0.1, -0.05) is 18.2 Å². The number of fused-ring (bicyclic) bond motifs is 3. The smallest absolute Gasteiger partial charge is 0.314 e. The molecule has 2 saturated heterocycles. The molecule has 0 aromatic heterocycles. The topological polar surface area (TPSA) is 46.6 Å². The second-order valence-electron chi connectivity index (χ2n) is 6.86. The lowest BCUT2D eigenvalue weighted by Crippen LogP contribution is -2.62. The van der Waals surface area contributed by atoms with E-state index in [1.165, 1.54) is 0 Å². The Labute approximate surface area is 123 Å². The van der Waals surface area contributed by atoms with Gasteiger partial charge in [-0.3, -0.25) is 9.59 Å². The number of carbonyl (C=O) groups excluding carboxylic acids is 2. The SMILES string of the molecule is O=C1c2ccccc2[C@@H]2C[C@@H]3C[C@@]4(CCCN1[C@H]24)C(=O)O3. The van der Waals surface area contributed by atoms with Crippen molar-refractivity contribution in [3.05, 3.63) is 35.4 Å². The molecule has 1 spiro atoms. The lowest BCUT2D eigenvalue weighted by molar-refractivity contribution is -0.151. The van der Waals surface area contributed by atoms with Gasteiger partial charge in [-0.15, -0.1) is 0 Å². The summed E-state index contributed by atoms with van der Waals surface area (Å²) in [4.78, 5) is 27.3. The third kappa shape index (κ3) is 1.27. The Bertz CT molecular complexity index is 670. The van der Waals surface area contributed by atoms with Crippen molar-refractivity contribution in [2.24, 2.45) is 5.41 Å². The van der Waals surface area contributed by atoms with Gasteiger partial charge in [-0.2, -0.15) is 0 Å². The molecular weight excluding hydrogens is 266 g/mol. The second-order valence-corrected chi connectivity index (χ2v) is 6.86. The standard InChI is InChI=1S/C17H17NO3/c19-15-12-5-2-1-4-11(12)13-8-10-9-17(16(20)21-10)6-3-7-18(15)14(13)17/h1-2,4-5,10,13-14H,3,6-9H2/t10-,13+,14-,17-/m1/s1. The summed E-state index contributed by atoms with van der Waals surface area (Å²) in [6, 6.07) is 7.92. The van der Waals surface area contributed by atoms with Crippen LogP contribution in [0.25, 0.3) is 0 Å². The Kier molecular flexibility index (Phi) is 2.06. The van der Waals surface area contributed by atoms with Crippen LogP contribution in [-0.4, -0.2) is 35.5 Å². The molecule has 4 nitrogen and oxygen atoms in total. The fraction of sp³-hybridized carbons (Fsp3) is 0.529. The predicted molar refractivity (Wildman–Crippen MR) is 74.8 cm³/mol. The van der Waals surface area contributed by atoms with Gasteiger partial charge < -0.3 is 9.64 Å². The summed E-state index contributed by atoms with van der Waals surface area (Å²) in [5.74, 6) is 0.297. The highest BCUT2D eigenvalue weighted by Crippen LogP contribution is 2.58. The van der Waals surface area contributed by atoms with Crippen molar-refractivity contribution in [2.45, 2.75) is 43.7 Å². The van der Waals surface area contributed by atoms with Crippen LogP contribution in [0.3, 0.4) is 0 Å². The Hall–Kier alpha value is -1.84. The fourth-order valence-corrected chi connectivity index (χ4v) is 5.24. The Morgan fingerprint density at radius 1 is 1.24 bits per heavy atom. The predicted octanol–water partition coefficient (Wildman–Crippen LogP) is 2.09. The van der Waals surface area contributed by atoms with Crippen LogP contribution in [-0.2, 0) is 9.53 Å². The van der Waals surface area contributed by atoms with Gasteiger partial charge in [-0.05, 0) is 30.9 Å². The maximum Gasteiger partial charge on any atom is 0.314 e. The molecule has 1 aliphatic carbocycles. The zero-order chi connectivity index (χ0) is 14.2. The minimum atomic E-state index is -0.435. The van der Waals surface area contributed by atoms with Crippen LogP contribution in [0.1, 0.15) is 47.5 Å². The number of nitrogens with zero attached hydrogens (tertiary/aromatic N) is 1. The number of amides is 1. The molecule has 0 N–H and O–H groups in total. The fourth-order valence-electron chi connectivity index (χ4n) is 5.24. The number of ether oxygens (including phenoxy) is 1. The summed E-state index contributed by atoms with van der Waals surface area (Å²) in [5.41, 5.74) is 1.51. The first-order valence-corrected chi connectivity index (χ1v) is 7.82. The molecule has 1 aromatic rings. The third-order valence-corrected chi connectivity index (χ3v) is 5.95. The highest BCUT2D eigenvalue weighted by atomic mass is 16.6. The quantitative estimate of drug-likeness (QED) is 0.685. The van der Waals surface area contributed by atoms with Crippen LogP contribution >= 0.6 is 0 Å². The molecule has 4 aliphatic rings. The van der Waals surface area contributed by atoms with Gasteiger partial charge in [-0.25, -0.2) is 0 Å². The van der Waals surface area contributed by atoms with E-state index in [1.807, 2.05) is 23.1 Å². The molecular formula is C17H17NO3. The van der Waals surface area contributed by atoms with Crippen LogP contribution in [0.2, 0.25) is 0 Å². The molecule has 3 aliphatic heterocycles. The van der Waals surface area contributed by atoms with E-state index in [2.05, 4.69) is 6.07 Å². The van der Waals surface area contributed by atoms with Crippen molar-refractivity contribution < 1.29 is 14.3 Å². The van der Waals surface area contributed by atoms with Gasteiger partial charge in [0.1, 0.15) is 6.10 Å². The first kappa shape index (κ1) is 11.8. The number of piperidine rings is 1. The van der Waals surface area contributed by atoms with Crippen LogP contribution in [0, 0.1) is 5.41 Å². The second kappa shape index (κ2) is 3.67. The number of benzene rings is 1. The summed E-state index contributed by atoms with van der Waals surface area (Å²) in [5, 5.41) is 0. The van der Waals surface area contributed by atoms with Crippen molar-refractivity contribution in [1.29, 1.82) is 0 Å². The highest BCUT2D eigenvalue weighted by Gasteiger charge is 2.65. The largest absolute Gasteiger partial charge is 0.462 e. The van der Waals surface area contributed by atoms with Gasteiger partial charge in [0.25, 0.3) is 5.91 Å². The van der Waals surface area contributed by atoms with E-state index in [0.717, 1.165) is 43.4 Å². The normalized spacial score (nSPS) is 39.6.